The second kappa shape index (κ2) is 11.8. The van der Waals surface area contributed by atoms with Crippen molar-refractivity contribution in [1.82, 2.24) is 5.32 Å². The Kier molecular flexibility index (Phi) is 11.6. The molecule has 0 atom stereocenters. The van der Waals surface area contributed by atoms with Gasteiger partial charge in [-0.15, -0.1) is 0 Å². The summed E-state index contributed by atoms with van der Waals surface area (Å²) < 4.78 is 19.8. The van der Waals surface area contributed by atoms with E-state index in [-0.39, 0.29) is 13.6 Å². The van der Waals surface area contributed by atoms with Crippen LogP contribution in [0.5, 0.6) is 0 Å². The van der Waals surface area contributed by atoms with Gasteiger partial charge in [0.2, 0.25) is 0 Å². The normalized spacial score (nSPS) is 10.6. The van der Waals surface area contributed by atoms with Crippen molar-refractivity contribution in [3.05, 3.63) is 0 Å². The third kappa shape index (κ3) is 11.8. The third-order valence-corrected chi connectivity index (χ3v) is 1.11. The summed E-state index contributed by atoms with van der Waals surface area (Å²) in [4.78, 5) is 0. The molecule has 0 aliphatic carbocycles. The maximum absolute atomic E-state index is 4.97. The van der Waals surface area contributed by atoms with E-state index in [0.717, 1.165) is 0 Å². The van der Waals surface area contributed by atoms with E-state index in [2.05, 4.69) is 5.32 Å². The molecular formula is C8H18NO4. The van der Waals surface area contributed by atoms with Crippen molar-refractivity contribution in [3.8, 4) is 0 Å². The van der Waals surface area contributed by atoms with Gasteiger partial charge in [-0.05, 0) is 13.8 Å². The van der Waals surface area contributed by atoms with Crippen molar-refractivity contribution in [2.45, 2.75) is 13.8 Å². The molecule has 0 saturated carbocycles. The summed E-state index contributed by atoms with van der Waals surface area (Å²) >= 11 is 0. The van der Waals surface area contributed by atoms with E-state index in [1.807, 2.05) is 13.8 Å². The van der Waals surface area contributed by atoms with Gasteiger partial charge in [-0.25, -0.2) is 0 Å². The van der Waals surface area contributed by atoms with Gasteiger partial charge in [-0.3, -0.25) is 0 Å². The zero-order chi connectivity index (χ0) is 9.78. The Morgan fingerprint density at radius 2 is 1.23 bits per heavy atom. The molecule has 0 N–H and O–H groups in total. The molecule has 0 aliphatic rings. The number of rotatable bonds is 10. The first kappa shape index (κ1) is 12.8. The fraction of sp³-hybridized carbons (Fsp3) is 1.00. The standard InChI is InChI=1S/C8H18NO4/c1-3-10-7-12-5-9-6-13-8-11-4-2/h3-8H2,1-2H3. The van der Waals surface area contributed by atoms with Crippen LogP contribution in [-0.4, -0.2) is 40.3 Å². The van der Waals surface area contributed by atoms with Crippen molar-refractivity contribution in [2.75, 3.05) is 40.3 Å². The maximum atomic E-state index is 4.97. The largest absolute Gasteiger partial charge is 0.356 e. The molecule has 0 amide bonds. The van der Waals surface area contributed by atoms with Crippen LogP contribution >= 0.6 is 0 Å². The first-order valence-electron chi connectivity index (χ1n) is 4.36. The monoisotopic (exact) mass is 192 g/mol. The Labute approximate surface area is 79.3 Å². The molecule has 0 heterocycles. The van der Waals surface area contributed by atoms with E-state index < -0.39 is 0 Å². The van der Waals surface area contributed by atoms with Gasteiger partial charge < -0.3 is 18.9 Å². The van der Waals surface area contributed by atoms with Crippen LogP contribution < -0.4 is 5.32 Å². The predicted molar refractivity (Wildman–Crippen MR) is 47.0 cm³/mol. The summed E-state index contributed by atoms with van der Waals surface area (Å²) in [5.74, 6) is 0. The van der Waals surface area contributed by atoms with Crippen molar-refractivity contribution < 1.29 is 18.9 Å². The Bertz CT molecular complexity index is 82.2. The van der Waals surface area contributed by atoms with Gasteiger partial charge in [-0.2, -0.15) is 5.32 Å². The fourth-order valence-electron chi connectivity index (χ4n) is 0.525. The molecule has 0 spiro atoms. The van der Waals surface area contributed by atoms with E-state index >= 15 is 0 Å². The molecule has 0 rings (SSSR count). The van der Waals surface area contributed by atoms with Crippen LogP contribution in [0.25, 0.3) is 0 Å². The Balaban J connectivity index is 2.76. The van der Waals surface area contributed by atoms with E-state index in [1.165, 1.54) is 0 Å². The van der Waals surface area contributed by atoms with Crippen LogP contribution in [0, 0.1) is 0 Å². The third-order valence-electron chi connectivity index (χ3n) is 1.11. The smallest absolute Gasteiger partial charge is 0.148 e. The zero-order valence-corrected chi connectivity index (χ0v) is 8.32. The quantitative estimate of drug-likeness (QED) is 0.374. The van der Waals surface area contributed by atoms with Crippen molar-refractivity contribution in [2.24, 2.45) is 0 Å². The molecule has 0 unspecified atom stereocenters. The number of hydrogen-bond acceptors (Lipinski definition) is 4. The minimum atomic E-state index is 0.283. The molecule has 5 nitrogen and oxygen atoms in total. The van der Waals surface area contributed by atoms with Gasteiger partial charge >= 0.3 is 0 Å². The SMILES string of the molecule is CCOCOC[N]COCOCC. The molecule has 0 aromatic heterocycles. The molecule has 0 fully saturated rings. The van der Waals surface area contributed by atoms with Crippen molar-refractivity contribution in [3.63, 3.8) is 0 Å². The number of ether oxygens (including phenoxy) is 4. The topological polar surface area (TPSA) is 51.0 Å². The summed E-state index contributed by atoms with van der Waals surface area (Å²) in [5, 5.41) is 3.91. The van der Waals surface area contributed by atoms with Gasteiger partial charge in [0.05, 0.1) is 0 Å². The summed E-state index contributed by atoms with van der Waals surface area (Å²) in [6.07, 6.45) is 0. The molecule has 1 radical (unpaired) electrons. The van der Waals surface area contributed by atoms with Crippen molar-refractivity contribution >= 4 is 0 Å². The first-order chi connectivity index (χ1) is 6.41. The van der Waals surface area contributed by atoms with E-state index in [4.69, 9.17) is 18.9 Å². The highest BCUT2D eigenvalue weighted by molar-refractivity contribution is 4.21. The Morgan fingerprint density at radius 1 is 0.769 bits per heavy atom. The summed E-state index contributed by atoms with van der Waals surface area (Å²) in [6, 6.07) is 0. The second-order valence-electron chi connectivity index (χ2n) is 2.11. The van der Waals surface area contributed by atoms with Gasteiger partial charge in [-0.1, -0.05) is 0 Å². The summed E-state index contributed by atoms with van der Waals surface area (Å²) in [6.45, 7) is 6.29. The molecule has 13 heavy (non-hydrogen) atoms. The fourth-order valence-corrected chi connectivity index (χ4v) is 0.525. The maximum Gasteiger partial charge on any atom is 0.148 e. The number of hydrogen-bond donors (Lipinski definition) is 0. The second-order valence-corrected chi connectivity index (χ2v) is 2.11. The van der Waals surface area contributed by atoms with Crippen LogP contribution in [-0.2, 0) is 18.9 Å². The van der Waals surface area contributed by atoms with E-state index in [1.54, 1.807) is 0 Å². The lowest BCUT2D eigenvalue weighted by atomic mass is 10.9. The predicted octanol–water partition coefficient (Wildman–Crippen LogP) is 0.527. The minimum absolute atomic E-state index is 0.283. The lowest BCUT2D eigenvalue weighted by Gasteiger charge is -2.05. The molecule has 79 valence electrons. The first-order valence-corrected chi connectivity index (χ1v) is 4.36. The lowest BCUT2D eigenvalue weighted by Crippen LogP contribution is -2.16. The summed E-state index contributed by atoms with van der Waals surface area (Å²) in [7, 11) is 0. The average Bonchev–Trinajstić information content (AvgIpc) is 2.16. The number of nitrogens with zero attached hydrogens (tertiary/aromatic N) is 1. The Hall–Kier alpha value is -0.200. The highest BCUT2D eigenvalue weighted by atomic mass is 16.7. The molecule has 0 aromatic carbocycles. The van der Waals surface area contributed by atoms with Crippen LogP contribution in [0.3, 0.4) is 0 Å². The van der Waals surface area contributed by atoms with Gasteiger partial charge in [0.25, 0.3) is 0 Å². The average molecular weight is 192 g/mol. The Morgan fingerprint density at radius 3 is 1.62 bits per heavy atom. The van der Waals surface area contributed by atoms with Gasteiger partial charge in [0.1, 0.15) is 27.0 Å². The minimum Gasteiger partial charge on any atom is -0.356 e. The lowest BCUT2D eigenvalue weighted by molar-refractivity contribution is -0.0845. The highest BCUT2D eigenvalue weighted by Crippen LogP contribution is 1.78. The van der Waals surface area contributed by atoms with Gasteiger partial charge in [0.15, 0.2) is 0 Å². The molecule has 0 aromatic rings. The molecule has 0 aliphatic heterocycles. The summed E-state index contributed by atoms with van der Waals surface area (Å²) in [5.41, 5.74) is 0. The van der Waals surface area contributed by atoms with E-state index in [9.17, 15) is 0 Å². The molecular weight excluding hydrogens is 174 g/mol. The molecule has 5 heteroatoms. The zero-order valence-electron chi connectivity index (χ0n) is 8.32. The van der Waals surface area contributed by atoms with Crippen LogP contribution in [0.1, 0.15) is 13.8 Å². The van der Waals surface area contributed by atoms with Crippen LogP contribution in [0.15, 0.2) is 0 Å². The van der Waals surface area contributed by atoms with Gasteiger partial charge in [0, 0.05) is 13.2 Å². The molecule has 0 saturated heterocycles. The highest BCUT2D eigenvalue weighted by Gasteiger charge is 1.89. The van der Waals surface area contributed by atoms with Crippen LogP contribution in [0.4, 0.5) is 0 Å². The van der Waals surface area contributed by atoms with Crippen molar-refractivity contribution in [1.29, 1.82) is 0 Å². The van der Waals surface area contributed by atoms with Crippen LogP contribution in [0.2, 0.25) is 0 Å². The molecule has 0 bridgehead atoms. The van der Waals surface area contributed by atoms with E-state index in [0.29, 0.717) is 26.7 Å².